The van der Waals surface area contributed by atoms with Crippen LogP contribution in [-0.2, 0) is 4.79 Å². The third-order valence-corrected chi connectivity index (χ3v) is 3.12. The number of carbonyl (C=O) groups is 1. The van der Waals surface area contributed by atoms with Gasteiger partial charge in [0.25, 0.3) is 0 Å². The summed E-state index contributed by atoms with van der Waals surface area (Å²) in [6.07, 6.45) is 0.948. The quantitative estimate of drug-likeness (QED) is 0.408. The van der Waals surface area contributed by atoms with Crippen LogP contribution in [-0.4, -0.2) is 24.0 Å². The molecule has 0 spiro atoms. The number of nitrogens with two attached hydrogens (primary N) is 1. The van der Waals surface area contributed by atoms with Crippen molar-refractivity contribution in [2.75, 3.05) is 12.3 Å². The Morgan fingerprint density at radius 1 is 1.41 bits per heavy atom. The molecule has 0 aromatic heterocycles. The highest BCUT2D eigenvalue weighted by atomic mass is 32.2. The Hall–Kier alpha value is -1.49. The van der Waals surface area contributed by atoms with Gasteiger partial charge in [-0.2, -0.15) is 0 Å². The molecule has 0 saturated carbocycles. The molecule has 5 heteroatoms. The summed E-state index contributed by atoms with van der Waals surface area (Å²) in [6.45, 7) is 2.75. The minimum Gasteiger partial charge on any atom is -0.384 e. The average molecular weight is 251 g/mol. The summed E-state index contributed by atoms with van der Waals surface area (Å²) >= 11 is 1.48. The van der Waals surface area contributed by atoms with E-state index in [2.05, 4.69) is 5.32 Å². The standard InChI is InChI=1S/C12H17N3OS/c1-2-7-15-11(16)8-17-10-5-3-9(4-6-10)12(13)14/h3-6H,2,7-8H2,1H3,(H3,13,14)(H,15,16). The van der Waals surface area contributed by atoms with Crippen LogP contribution in [0.3, 0.4) is 0 Å². The number of rotatable bonds is 6. The summed E-state index contributed by atoms with van der Waals surface area (Å²) in [5.41, 5.74) is 6.05. The van der Waals surface area contributed by atoms with Crippen molar-refractivity contribution in [2.24, 2.45) is 5.73 Å². The monoisotopic (exact) mass is 251 g/mol. The van der Waals surface area contributed by atoms with Crippen molar-refractivity contribution < 1.29 is 4.79 Å². The van der Waals surface area contributed by atoms with Gasteiger partial charge < -0.3 is 11.1 Å². The Morgan fingerprint density at radius 2 is 2.06 bits per heavy atom. The predicted molar refractivity (Wildman–Crippen MR) is 71.5 cm³/mol. The molecule has 0 fully saturated rings. The highest BCUT2D eigenvalue weighted by Gasteiger charge is 2.02. The lowest BCUT2D eigenvalue weighted by Crippen LogP contribution is -2.25. The van der Waals surface area contributed by atoms with E-state index >= 15 is 0 Å². The zero-order chi connectivity index (χ0) is 12.7. The van der Waals surface area contributed by atoms with Crippen molar-refractivity contribution >= 4 is 23.5 Å². The largest absolute Gasteiger partial charge is 0.384 e. The van der Waals surface area contributed by atoms with E-state index in [9.17, 15) is 4.79 Å². The van der Waals surface area contributed by atoms with Crippen LogP contribution in [0, 0.1) is 5.41 Å². The Bertz CT molecular complexity index is 389. The molecule has 0 heterocycles. The van der Waals surface area contributed by atoms with Gasteiger partial charge in [0.2, 0.25) is 5.91 Å². The number of amides is 1. The van der Waals surface area contributed by atoms with Crippen molar-refractivity contribution in [3.05, 3.63) is 29.8 Å². The molecule has 17 heavy (non-hydrogen) atoms. The molecule has 0 atom stereocenters. The summed E-state index contributed by atoms with van der Waals surface area (Å²) in [7, 11) is 0. The topological polar surface area (TPSA) is 79.0 Å². The van der Waals surface area contributed by atoms with E-state index in [0.717, 1.165) is 17.9 Å². The first kappa shape index (κ1) is 13.6. The molecule has 0 aliphatic heterocycles. The first-order valence-corrected chi connectivity index (χ1v) is 6.46. The molecular weight excluding hydrogens is 234 g/mol. The minimum atomic E-state index is 0.0486. The van der Waals surface area contributed by atoms with E-state index in [1.807, 2.05) is 19.1 Å². The number of nitrogens with one attached hydrogen (secondary N) is 2. The fourth-order valence-electron chi connectivity index (χ4n) is 1.20. The Labute approximate surface area is 105 Å². The van der Waals surface area contributed by atoms with Crippen molar-refractivity contribution in [1.29, 1.82) is 5.41 Å². The maximum absolute atomic E-state index is 11.4. The van der Waals surface area contributed by atoms with Crippen molar-refractivity contribution in [2.45, 2.75) is 18.2 Å². The molecule has 1 aromatic carbocycles. The summed E-state index contributed by atoms with van der Waals surface area (Å²) in [6, 6.07) is 7.31. The zero-order valence-electron chi connectivity index (χ0n) is 9.82. The Kier molecular flexibility index (Phi) is 5.56. The maximum atomic E-state index is 11.4. The second-order valence-electron chi connectivity index (χ2n) is 3.58. The third kappa shape index (κ3) is 4.91. The van der Waals surface area contributed by atoms with Crippen LogP contribution in [0.15, 0.2) is 29.2 Å². The first-order valence-electron chi connectivity index (χ1n) is 5.47. The van der Waals surface area contributed by atoms with Crippen LogP contribution >= 0.6 is 11.8 Å². The van der Waals surface area contributed by atoms with Gasteiger partial charge in [-0.05, 0) is 18.6 Å². The number of hydrogen-bond acceptors (Lipinski definition) is 3. The zero-order valence-corrected chi connectivity index (χ0v) is 10.6. The van der Waals surface area contributed by atoms with Gasteiger partial charge in [0.05, 0.1) is 5.75 Å². The van der Waals surface area contributed by atoms with E-state index in [0.29, 0.717) is 11.3 Å². The number of thioether (sulfide) groups is 1. The number of amidine groups is 1. The van der Waals surface area contributed by atoms with E-state index in [1.165, 1.54) is 11.8 Å². The molecule has 0 aliphatic carbocycles. The minimum absolute atomic E-state index is 0.0486. The Morgan fingerprint density at radius 3 is 2.59 bits per heavy atom. The fraction of sp³-hybridized carbons (Fsp3) is 0.333. The summed E-state index contributed by atoms with van der Waals surface area (Å²) in [5.74, 6) is 0.522. The summed E-state index contributed by atoms with van der Waals surface area (Å²) in [4.78, 5) is 12.4. The predicted octanol–water partition coefficient (Wildman–Crippen LogP) is 1.59. The molecule has 4 N–H and O–H groups in total. The molecule has 0 radical (unpaired) electrons. The van der Waals surface area contributed by atoms with Gasteiger partial charge >= 0.3 is 0 Å². The van der Waals surface area contributed by atoms with Gasteiger partial charge in [-0.15, -0.1) is 11.8 Å². The number of benzene rings is 1. The van der Waals surface area contributed by atoms with Crippen LogP contribution in [0.2, 0.25) is 0 Å². The lowest BCUT2D eigenvalue weighted by Gasteiger charge is -2.04. The van der Waals surface area contributed by atoms with Gasteiger partial charge in [-0.1, -0.05) is 19.1 Å². The molecule has 0 unspecified atom stereocenters. The molecule has 1 aromatic rings. The van der Waals surface area contributed by atoms with Gasteiger partial charge in [0.1, 0.15) is 5.84 Å². The Balaban J connectivity index is 2.42. The summed E-state index contributed by atoms with van der Waals surface area (Å²) < 4.78 is 0. The second kappa shape index (κ2) is 6.96. The van der Waals surface area contributed by atoms with Gasteiger partial charge in [0.15, 0.2) is 0 Å². The van der Waals surface area contributed by atoms with Crippen LogP contribution < -0.4 is 11.1 Å². The molecule has 92 valence electrons. The first-order chi connectivity index (χ1) is 8.13. The van der Waals surface area contributed by atoms with Crippen molar-refractivity contribution in [3.63, 3.8) is 0 Å². The smallest absolute Gasteiger partial charge is 0.230 e. The van der Waals surface area contributed by atoms with Gasteiger partial charge in [0, 0.05) is 17.0 Å². The highest BCUT2D eigenvalue weighted by molar-refractivity contribution is 8.00. The van der Waals surface area contributed by atoms with Crippen LogP contribution in [0.25, 0.3) is 0 Å². The normalized spacial score (nSPS) is 9.94. The molecule has 0 saturated heterocycles. The molecular formula is C12H17N3OS. The SMILES string of the molecule is CCCNC(=O)CSc1ccc(C(=N)N)cc1. The number of hydrogen-bond donors (Lipinski definition) is 3. The van der Waals surface area contributed by atoms with Crippen LogP contribution in [0.5, 0.6) is 0 Å². The van der Waals surface area contributed by atoms with Crippen LogP contribution in [0.4, 0.5) is 0 Å². The fourth-order valence-corrected chi connectivity index (χ4v) is 1.92. The van der Waals surface area contributed by atoms with E-state index in [-0.39, 0.29) is 11.7 Å². The van der Waals surface area contributed by atoms with Crippen LogP contribution in [0.1, 0.15) is 18.9 Å². The van der Waals surface area contributed by atoms with E-state index < -0.39 is 0 Å². The third-order valence-electron chi connectivity index (χ3n) is 2.11. The van der Waals surface area contributed by atoms with Gasteiger partial charge in [-0.25, -0.2) is 0 Å². The lowest BCUT2D eigenvalue weighted by atomic mass is 10.2. The van der Waals surface area contributed by atoms with Gasteiger partial charge in [-0.3, -0.25) is 10.2 Å². The van der Waals surface area contributed by atoms with Crippen molar-refractivity contribution in [3.8, 4) is 0 Å². The van der Waals surface area contributed by atoms with E-state index in [4.69, 9.17) is 11.1 Å². The number of nitrogen functional groups attached to an aromatic ring is 1. The molecule has 0 aliphatic rings. The summed E-state index contributed by atoms with van der Waals surface area (Å²) in [5, 5.41) is 10.1. The highest BCUT2D eigenvalue weighted by Crippen LogP contribution is 2.17. The second-order valence-corrected chi connectivity index (χ2v) is 4.63. The molecule has 4 nitrogen and oxygen atoms in total. The lowest BCUT2D eigenvalue weighted by molar-refractivity contribution is -0.118. The molecule has 1 rings (SSSR count). The number of carbonyl (C=O) groups excluding carboxylic acids is 1. The van der Waals surface area contributed by atoms with E-state index in [1.54, 1.807) is 12.1 Å². The van der Waals surface area contributed by atoms with Crippen molar-refractivity contribution in [1.82, 2.24) is 5.32 Å². The average Bonchev–Trinajstić information content (AvgIpc) is 2.34. The maximum Gasteiger partial charge on any atom is 0.230 e. The molecule has 0 bridgehead atoms. The molecule has 1 amide bonds.